The Hall–Kier alpha value is -1.96. The summed E-state index contributed by atoms with van der Waals surface area (Å²) in [5.74, 6) is 0. The number of fused-ring (bicyclic) bond motifs is 1. The highest BCUT2D eigenvalue weighted by Gasteiger charge is 2.04. The Morgan fingerprint density at radius 3 is 1.75 bits per heavy atom. The molecule has 2 aliphatic rings. The summed E-state index contributed by atoms with van der Waals surface area (Å²) in [6, 6.07) is 14.2. The van der Waals surface area contributed by atoms with Gasteiger partial charge in [0.1, 0.15) is 0 Å². The Morgan fingerprint density at radius 1 is 0.875 bits per heavy atom. The molecular weight excluding hydrogens is 196 g/mol. The molecule has 0 unspecified atom stereocenters. The van der Waals surface area contributed by atoms with Crippen LogP contribution in [0.5, 0.6) is 0 Å². The number of para-hydroxylation sites is 1. The minimum atomic E-state index is 0.680. The molecule has 0 radical (unpaired) electrons. The van der Waals surface area contributed by atoms with Gasteiger partial charge in [0, 0.05) is 0 Å². The first-order chi connectivity index (χ1) is 7.72. The van der Waals surface area contributed by atoms with Crippen LogP contribution in [-0.2, 0) is 6.42 Å². The minimum Gasteiger partial charge on any atom is -0.397 e. The maximum atomic E-state index is 5.67. The molecule has 1 aromatic rings. The summed E-state index contributed by atoms with van der Waals surface area (Å²) in [4.78, 5) is 0. The zero-order valence-corrected chi connectivity index (χ0v) is 9.40. The van der Waals surface area contributed by atoms with E-state index >= 15 is 0 Å². The highest BCUT2D eigenvalue weighted by molar-refractivity contribution is 5.75. The van der Waals surface area contributed by atoms with E-state index < -0.39 is 0 Å². The molecule has 3 rings (SSSR count). The summed E-state index contributed by atoms with van der Waals surface area (Å²) in [6.07, 6.45) is 0.941. The van der Waals surface area contributed by atoms with Crippen LogP contribution >= 0.6 is 0 Å². The molecule has 0 aliphatic heterocycles. The van der Waals surface area contributed by atoms with Crippen molar-refractivity contribution < 1.29 is 0 Å². The Labute approximate surface area is 95.9 Å². The average Bonchev–Trinajstić information content (AvgIpc) is 2.28. The monoisotopic (exact) mass is 212 g/mol. The lowest BCUT2D eigenvalue weighted by Crippen LogP contribution is -1.98. The van der Waals surface area contributed by atoms with Crippen molar-refractivity contribution in [1.82, 2.24) is 0 Å². The first-order valence-electron chi connectivity index (χ1n) is 5.45. The summed E-state index contributed by atoms with van der Waals surface area (Å²) in [5, 5.41) is 0. The summed E-state index contributed by atoms with van der Waals surface area (Å²) in [5.41, 5.74) is 16.6. The van der Waals surface area contributed by atoms with Crippen LogP contribution in [0.1, 0.15) is 12.5 Å². The lowest BCUT2D eigenvalue weighted by atomic mass is 9.95. The Kier molecular flexibility index (Phi) is 2.82. The van der Waals surface area contributed by atoms with E-state index in [0.717, 1.165) is 17.7 Å². The number of nitrogen functional groups attached to an aromatic ring is 2. The third-order valence-corrected chi connectivity index (χ3v) is 2.83. The van der Waals surface area contributed by atoms with Gasteiger partial charge in [-0.25, -0.2) is 0 Å². The van der Waals surface area contributed by atoms with Gasteiger partial charge in [0.05, 0.1) is 11.4 Å². The average molecular weight is 212 g/mol. The quantitative estimate of drug-likeness (QED) is 0.609. The van der Waals surface area contributed by atoms with Crippen LogP contribution in [0, 0.1) is 0 Å². The molecule has 82 valence electrons. The van der Waals surface area contributed by atoms with Gasteiger partial charge in [-0.15, -0.1) is 0 Å². The maximum Gasteiger partial charge on any atom is 0.0580 e. The lowest BCUT2D eigenvalue weighted by Gasteiger charge is -2.10. The fraction of sp³-hybridized carbons (Fsp3) is 0.143. The van der Waals surface area contributed by atoms with Gasteiger partial charge < -0.3 is 11.5 Å². The molecule has 0 bridgehead atoms. The standard InChI is InChI=1S/C8H12N2.C6H4/c1-2-6-4-3-5-7(9)8(6)10;1-2-6-4-3-5(1)6/h3-5H,2,9-10H2,1H3;1-4H. The summed E-state index contributed by atoms with van der Waals surface area (Å²) in [6.45, 7) is 2.06. The third-order valence-electron chi connectivity index (χ3n) is 2.83. The second-order valence-corrected chi connectivity index (χ2v) is 3.85. The van der Waals surface area contributed by atoms with Crippen molar-refractivity contribution in [2.24, 2.45) is 0 Å². The van der Waals surface area contributed by atoms with Gasteiger partial charge in [-0.1, -0.05) is 43.3 Å². The van der Waals surface area contributed by atoms with Crippen molar-refractivity contribution in [3.8, 4) is 11.1 Å². The molecule has 0 amide bonds. The van der Waals surface area contributed by atoms with Crippen LogP contribution in [0.3, 0.4) is 0 Å². The highest BCUT2D eigenvalue weighted by atomic mass is 14.7. The zero-order valence-electron chi connectivity index (χ0n) is 9.40. The van der Waals surface area contributed by atoms with Crippen molar-refractivity contribution in [2.75, 3.05) is 11.5 Å². The molecule has 2 aliphatic carbocycles. The van der Waals surface area contributed by atoms with Gasteiger partial charge in [-0.2, -0.15) is 0 Å². The number of nitrogens with two attached hydrogens (primary N) is 2. The van der Waals surface area contributed by atoms with Crippen molar-refractivity contribution in [3.05, 3.63) is 48.0 Å². The van der Waals surface area contributed by atoms with Gasteiger partial charge in [-0.05, 0) is 29.2 Å². The van der Waals surface area contributed by atoms with Gasteiger partial charge in [-0.3, -0.25) is 0 Å². The molecule has 0 aromatic heterocycles. The molecule has 0 heterocycles. The topological polar surface area (TPSA) is 52.0 Å². The highest BCUT2D eigenvalue weighted by Crippen LogP contribution is 2.29. The minimum absolute atomic E-state index is 0.680. The van der Waals surface area contributed by atoms with Crippen LogP contribution < -0.4 is 11.5 Å². The fourth-order valence-electron chi connectivity index (χ4n) is 1.60. The largest absolute Gasteiger partial charge is 0.397 e. The van der Waals surface area contributed by atoms with Crippen LogP contribution in [0.15, 0.2) is 42.5 Å². The van der Waals surface area contributed by atoms with Crippen molar-refractivity contribution in [1.29, 1.82) is 0 Å². The number of hydrogen-bond acceptors (Lipinski definition) is 2. The van der Waals surface area contributed by atoms with Crippen LogP contribution in [0.2, 0.25) is 0 Å². The number of benzene rings is 2. The Balaban J connectivity index is 0.000000134. The predicted octanol–water partition coefficient (Wildman–Crippen LogP) is 3.08. The SMILES string of the molecule is CCc1cccc(N)c1N.c1cc2ccc1-2. The van der Waals surface area contributed by atoms with E-state index in [1.165, 1.54) is 11.1 Å². The summed E-state index contributed by atoms with van der Waals surface area (Å²) >= 11 is 0. The zero-order chi connectivity index (χ0) is 11.5. The maximum absolute atomic E-state index is 5.67. The molecule has 16 heavy (non-hydrogen) atoms. The summed E-state index contributed by atoms with van der Waals surface area (Å²) in [7, 11) is 0. The van der Waals surface area contributed by atoms with Crippen molar-refractivity contribution in [3.63, 3.8) is 0 Å². The van der Waals surface area contributed by atoms with E-state index in [2.05, 4.69) is 31.2 Å². The van der Waals surface area contributed by atoms with Crippen LogP contribution in [0.25, 0.3) is 11.1 Å². The number of rotatable bonds is 1. The molecule has 2 heteroatoms. The number of aryl methyl sites for hydroxylation is 1. The third kappa shape index (κ3) is 1.87. The van der Waals surface area contributed by atoms with E-state index in [9.17, 15) is 0 Å². The first-order valence-corrected chi connectivity index (χ1v) is 5.45. The molecular formula is C14H16N2. The molecule has 0 atom stereocenters. The van der Waals surface area contributed by atoms with Crippen molar-refractivity contribution >= 4 is 11.4 Å². The van der Waals surface area contributed by atoms with Crippen LogP contribution in [-0.4, -0.2) is 0 Å². The molecule has 2 nitrogen and oxygen atoms in total. The molecule has 0 saturated carbocycles. The lowest BCUT2D eigenvalue weighted by molar-refractivity contribution is 1.15. The molecule has 0 fully saturated rings. The fourth-order valence-corrected chi connectivity index (χ4v) is 1.60. The van der Waals surface area contributed by atoms with E-state index in [-0.39, 0.29) is 0 Å². The second-order valence-electron chi connectivity index (χ2n) is 3.85. The molecule has 0 saturated heterocycles. The van der Waals surface area contributed by atoms with Gasteiger partial charge in [0.25, 0.3) is 0 Å². The van der Waals surface area contributed by atoms with Crippen LogP contribution in [0.4, 0.5) is 11.4 Å². The number of hydrogen-bond donors (Lipinski definition) is 2. The van der Waals surface area contributed by atoms with Gasteiger partial charge >= 0.3 is 0 Å². The second kappa shape index (κ2) is 4.27. The Bertz CT molecular complexity index is 466. The Morgan fingerprint density at radius 2 is 1.44 bits per heavy atom. The molecule has 1 aromatic carbocycles. The van der Waals surface area contributed by atoms with Gasteiger partial charge in [0.2, 0.25) is 0 Å². The first kappa shape index (κ1) is 10.6. The smallest absolute Gasteiger partial charge is 0.0580 e. The summed E-state index contributed by atoms with van der Waals surface area (Å²) < 4.78 is 0. The molecule has 4 N–H and O–H groups in total. The number of anilines is 2. The predicted molar refractivity (Wildman–Crippen MR) is 70.1 cm³/mol. The normalized spacial score (nSPS) is 10.3. The van der Waals surface area contributed by atoms with E-state index in [1.54, 1.807) is 0 Å². The molecule has 0 spiro atoms. The van der Waals surface area contributed by atoms with Gasteiger partial charge in [0.15, 0.2) is 0 Å². The van der Waals surface area contributed by atoms with E-state index in [1.807, 2.05) is 18.2 Å². The van der Waals surface area contributed by atoms with E-state index in [4.69, 9.17) is 11.5 Å². The van der Waals surface area contributed by atoms with E-state index in [0.29, 0.717) is 5.69 Å². The van der Waals surface area contributed by atoms with Crippen molar-refractivity contribution in [2.45, 2.75) is 13.3 Å².